The number of nitrogens with zero attached hydrogens (tertiary/aromatic N) is 4. The van der Waals surface area contributed by atoms with Crippen LogP contribution in [0.5, 0.6) is 0 Å². The van der Waals surface area contributed by atoms with Crippen molar-refractivity contribution < 1.29 is 4.79 Å². The van der Waals surface area contributed by atoms with Gasteiger partial charge in [-0.3, -0.25) is 4.79 Å². The molecular formula is C19H23ClN6O. The van der Waals surface area contributed by atoms with Gasteiger partial charge in [-0.2, -0.15) is 0 Å². The smallest absolute Gasteiger partial charge is 0.262 e. The van der Waals surface area contributed by atoms with Gasteiger partial charge in [-0.25, -0.2) is 15.0 Å². The van der Waals surface area contributed by atoms with Crippen LogP contribution in [0.4, 0.5) is 17.3 Å². The van der Waals surface area contributed by atoms with Crippen molar-refractivity contribution in [3.63, 3.8) is 0 Å². The number of halogens is 1. The van der Waals surface area contributed by atoms with E-state index in [1.807, 2.05) is 12.1 Å². The molecule has 8 heteroatoms. The number of amides is 1. The van der Waals surface area contributed by atoms with Crippen LogP contribution < -0.4 is 16.0 Å². The molecule has 1 aliphatic heterocycles. The van der Waals surface area contributed by atoms with E-state index in [4.69, 9.17) is 17.3 Å². The summed E-state index contributed by atoms with van der Waals surface area (Å²) in [5.74, 6) is 1.42. The Morgan fingerprint density at radius 2 is 2.00 bits per heavy atom. The minimum absolute atomic E-state index is 0.0251. The van der Waals surface area contributed by atoms with Gasteiger partial charge < -0.3 is 16.0 Å². The van der Waals surface area contributed by atoms with Crippen molar-refractivity contribution in [2.75, 3.05) is 29.0 Å². The van der Waals surface area contributed by atoms with E-state index in [0.717, 1.165) is 24.8 Å². The first-order valence-electron chi connectivity index (χ1n) is 9.24. The van der Waals surface area contributed by atoms with Crippen molar-refractivity contribution in [1.82, 2.24) is 15.0 Å². The van der Waals surface area contributed by atoms with Crippen LogP contribution in [0.15, 0.2) is 24.7 Å². The maximum absolute atomic E-state index is 12.4. The Bertz CT molecular complexity index is 820. The Morgan fingerprint density at radius 1 is 1.26 bits per heavy atom. The third kappa shape index (κ3) is 3.56. The van der Waals surface area contributed by atoms with Crippen molar-refractivity contribution >= 4 is 34.8 Å². The zero-order chi connectivity index (χ0) is 19.0. The predicted octanol–water partition coefficient (Wildman–Crippen LogP) is 3.38. The molecule has 7 nitrogen and oxygen atoms in total. The molecule has 2 fully saturated rings. The molecule has 2 aromatic rings. The second kappa shape index (κ2) is 6.96. The molecule has 1 saturated heterocycles. The first-order valence-corrected chi connectivity index (χ1v) is 9.62. The molecule has 27 heavy (non-hydrogen) atoms. The summed E-state index contributed by atoms with van der Waals surface area (Å²) in [6.07, 6.45) is 8.09. The van der Waals surface area contributed by atoms with E-state index in [2.05, 4.69) is 32.1 Å². The normalized spacial score (nSPS) is 19.0. The molecule has 1 aliphatic carbocycles. The largest absolute Gasteiger partial charge is 0.383 e. The van der Waals surface area contributed by atoms with Crippen molar-refractivity contribution in [3.05, 3.63) is 35.4 Å². The molecule has 1 spiro atoms. The van der Waals surface area contributed by atoms with E-state index in [0.29, 0.717) is 11.1 Å². The highest BCUT2D eigenvalue weighted by Crippen LogP contribution is 2.52. The van der Waals surface area contributed by atoms with E-state index in [1.165, 1.54) is 32.0 Å². The topological polar surface area (TPSA) is 97.0 Å². The van der Waals surface area contributed by atoms with Crippen LogP contribution in [0.2, 0.25) is 5.15 Å². The van der Waals surface area contributed by atoms with Gasteiger partial charge in [0, 0.05) is 13.1 Å². The maximum Gasteiger partial charge on any atom is 0.262 e. The standard InChI is InChI=1S/C19H23ClN6O/c1-12-8-19(9-12)4-6-26(7-5-19)14-3-2-13(10-22-14)25-18(27)15-16(20)23-11-24-17(15)21/h2-3,10-12H,4-9H2,1H3,(H,25,27)(H2,21,23,24). The molecule has 0 bridgehead atoms. The number of nitrogens with two attached hydrogens (primary N) is 1. The molecule has 0 atom stereocenters. The highest BCUT2D eigenvalue weighted by Gasteiger charge is 2.43. The number of rotatable bonds is 3. The monoisotopic (exact) mass is 386 g/mol. The summed E-state index contributed by atoms with van der Waals surface area (Å²) in [5, 5.41) is 2.77. The average molecular weight is 387 g/mol. The minimum Gasteiger partial charge on any atom is -0.383 e. The lowest BCUT2D eigenvalue weighted by molar-refractivity contribution is 0.0380. The highest BCUT2D eigenvalue weighted by atomic mass is 35.5. The number of hydrogen-bond donors (Lipinski definition) is 2. The Labute approximate surface area is 163 Å². The lowest BCUT2D eigenvalue weighted by Gasteiger charge is -2.51. The van der Waals surface area contributed by atoms with Crippen LogP contribution >= 0.6 is 11.6 Å². The number of aromatic nitrogens is 3. The van der Waals surface area contributed by atoms with Crippen molar-refractivity contribution in [3.8, 4) is 0 Å². The number of pyridine rings is 1. The SMILES string of the molecule is CC1CC2(CCN(c3ccc(NC(=O)c4c(N)ncnc4Cl)cn3)CC2)C1. The molecule has 2 aliphatic rings. The predicted molar refractivity (Wildman–Crippen MR) is 106 cm³/mol. The quantitative estimate of drug-likeness (QED) is 0.785. The fourth-order valence-electron chi connectivity index (χ4n) is 4.46. The van der Waals surface area contributed by atoms with Gasteiger partial charge in [0.2, 0.25) is 0 Å². The van der Waals surface area contributed by atoms with Crippen LogP contribution in [0.25, 0.3) is 0 Å². The maximum atomic E-state index is 12.4. The third-order valence-corrected chi connectivity index (χ3v) is 6.06. The van der Waals surface area contributed by atoms with Gasteiger partial charge in [-0.1, -0.05) is 18.5 Å². The van der Waals surface area contributed by atoms with E-state index < -0.39 is 5.91 Å². The number of carbonyl (C=O) groups excluding carboxylic acids is 1. The molecule has 0 unspecified atom stereocenters. The van der Waals surface area contributed by atoms with Gasteiger partial charge in [0.1, 0.15) is 28.7 Å². The Kier molecular flexibility index (Phi) is 4.63. The first-order chi connectivity index (χ1) is 13.0. The van der Waals surface area contributed by atoms with Crippen molar-refractivity contribution in [1.29, 1.82) is 0 Å². The molecule has 1 amide bonds. The van der Waals surface area contributed by atoms with Gasteiger partial charge in [0.15, 0.2) is 0 Å². The lowest BCUT2D eigenvalue weighted by Crippen LogP contribution is -2.46. The number of carbonyl (C=O) groups is 1. The number of hydrogen-bond acceptors (Lipinski definition) is 6. The molecule has 142 valence electrons. The molecule has 3 heterocycles. The van der Waals surface area contributed by atoms with Gasteiger partial charge in [-0.05, 0) is 49.1 Å². The van der Waals surface area contributed by atoms with E-state index in [9.17, 15) is 4.79 Å². The van der Waals surface area contributed by atoms with Crippen LogP contribution in [0.3, 0.4) is 0 Å². The number of anilines is 3. The second-order valence-electron chi connectivity index (χ2n) is 7.78. The Balaban J connectivity index is 1.39. The van der Waals surface area contributed by atoms with Crippen LogP contribution in [0.1, 0.15) is 43.0 Å². The molecule has 0 radical (unpaired) electrons. The number of piperidine rings is 1. The molecule has 3 N–H and O–H groups in total. The summed E-state index contributed by atoms with van der Waals surface area (Å²) in [7, 11) is 0. The zero-order valence-corrected chi connectivity index (χ0v) is 16.0. The fourth-order valence-corrected chi connectivity index (χ4v) is 4.69. The number of nitrogens with one attached hydrogen (secondary N) is 1. The van der Waals surface area contributed by atoms with Crippen LogP contribution in [-0.4, -0.2) is 33.9 Å². The summed E-state index contributed by atoms with van der Waals surface area (Å²) in [6, 6.07) is 3.77. The number of nitrogen functional groups attached to an aromatic ring is 1. The summed E-state index contributed by atoms with van der Waals surface area (Å²) in [4.78, 5) is 26.8. The molecule has 4 rings (SSSR count). The third-order valence-electron chi connectivity index (χ3n) is 5.77. The van der Waals surface area contributed by atoms with Gasteiger partial charge in [0.25, 0.3) is 5.91 Å². The van der Waals surface area contributed by atoms with Gasteiger partial charge in [0.05, 0.1) is 11.9 Å². The van der Waals surface area contributed by atoms with Gasteiger partial charge in [-0.15, -0.1) is 0 Å². The fraction of sp³-hybridized carbons (Fsp3) is 0.474. The van der Waals surface area contributed by atoms with E-state index in [-0.39, 0.29) is 16.5 Å². The Morgan fingerprint density at radius 3 is 2.59 bits per heavy atom. The summed E-state index contributed by atoms with van der Waals surface area (Å²) in [6.45, 7) is 4.42. The summed E-state index contributed by atoms with van der Waals surface area (Å²) < 4.78 is 0. The highest BCUT2D eigenvalue weighted by molar-refractivity contribution is 6.34. The average Bonchev–Trinajstić information content (AvgIpc) is 2.62. The van der Waals surface area contributed by atoms with Crippen LogP contribution in [0, 0.1) is 11.3 Å². The van der Waals surface area contributed by atoms with Crippen molar-refractivity contribution in [2.24, 2.45) is 11.3 Å². The first kappa shape index (κ1) is 18.0. The molecule has 2 aromatic heterocycles. The zero-order valence-electron chi connectivity index (χ0n) is 15.3. The summed E-state index contributed by atoms with van der Waals surface area (Å²) >= 11 is 5.95. The summed E-state index contributed by atoms with van der Waals surface area (Å²) in [5.41, 5.74) is 6.95. The lowest BCUT2D eigenvalue weighted by atomic mass is 9.58. The molecule has 1 saturated carbocycles. The van der Waals surface area contributed by atoms with E-state index in [1.54, 1.807) is 6.20 Å². The second-order valence-corrected chi connectivity index (χ2v) is 8.14. The van der Waals surface area contributed by atoms with Crippen molar-refractivity contribution in [2.45, 2.75) is 32.6 Å². The molecule has 0 aromatic carbocycles. The molecular weight excluding hydrogens is 364 g/mol. The van der Waals surface area contributed by atoms with Crippen LogP contribution in [-0.2, 0) is 0 Å². The Hall–Kier alpha value is -2.41. The minimum atomic E-state index is -0.452. The van der Waals surface area contributed by atoms with Gasteiger partial charge >= 0.3 is 0 Å². The van der Waals surface area contributed by atoms with E-state index >= 15 is 0 Å².